The fourth-order valence-corrected chi connectivity index (χ4v) is 3.85. The predicted molar refractivity (Wildman–Crippen MR) is 90.6 cm³/mol. The Kier molecular flexibility index (Phi) is 6.62. The molecule has 2 rings (SSSR count). The molecule has 1 aromatic rings. The van der Waals surface area contributed by atoms with Crippen LogP contribution in [0.2, 0.25) is 5.02 Å². The van der Waals surface area contributed by atoms with Crippen LogP contribution in [0.1, 0.15) is 19.8 Å². The van der Waals surface area contributed by atoms with Crippen LogP contribution in [0.25, 0.3) is 0 Å². The van der Waals surface area contributed by atoms with E-state index in [2.05, 4.69) is 0 Å². The third-order valence-corrected chi connectivity index (χ3v) is 5.40. The highest BCUT2D eigenvalue weighted by Gasteiger charge is 2.37. The third kappa shape index (κ3) is 5.54. The SMILES string of the molecule is CC(Sc1ccccc1Cl)C(=O)N1CCCC1C(=O)NCC(F)(F)F. The van der Waals surface area contributed by atoms with Gasteiger partial charge in [-0.1, -0.05) is 23.7 Å². The van der Waals surface area contributed by atoms with E-state index in [1.54, 1.807) is 31.2 Å². The molecule has 1 N–H and O–H groups in total. The molecular formula is C16H18ClF3N2O2S. The lowest BCUT2D eigenvalue weighted by Gasteiger charge is -2.27. The zero-order chi connectivity index (χ0) is 18.6. The van der Waals surface area contributed by atoms with Crippen molar-refractivity contribution < 1.29 is 22.8 Å². The maximum absolute atomic E-state index is 12.6. The molecule has 0 aromatic heterocycles. The van der Waals surface area contributed by atoms with E-state index in [1.165, 1.54) is 16.7 Å². The summed E-state index contributed by atoms with van der Waals surface area (Å²) in [6, 6.07) is 6.22. The van der Waals surface area contributed by atoms with E-state index in [0.717, 1.165) is 4.90 Å². The smallest absolute Gasteiger partial charge is 0.345 e. The van der Waals surface area contributed by atoms with Crippen LogP contribution in [0.15, 0.2) is 29.2 Å². The summed E-state index contributed by atoms with van der Waals surface area (Å²) in [4.78, 5) is 26.7. The molecule has 0 aliphatic carbocycles. The number of amides is 2. The van der Waals surface area contributed by atoms with Crippen molar-refractivity contribution in [2.24, 2.45) is 0 Å². The molecule has 2 amide bonds. The number of hydrogen-bond donors (Lipinski definition) is 1. The summed E-state index contributed by atoms with van der Waals surface area (Å²) in [6.45, 7) is 0.657. The van der Waals surface area contributed by atoms with Crippen molar-refractivity contribution in [1.82, 2.24) is 10.2 Å². The van der Waals surface area contributed by atoms with Gasteiger partial charge in [0.15, 0.2) is 0 Å². The Balaban J connectivity index is 1.99. The van der Waals surface area contributed by atoms with Crippen LogP contribution in [0.5, 0.6) is 0 Å². The Morgan fingerprint density at radius 1 is 1.40 bits per heavy atom. The molecule has 9 heteroatoms. The van der Waals surface area contributed by atoms with Gasteiger partial charge in [0, 0.05) is 11.4 Å². The average Bonchev–Trinajstić information content (AvgIpc) is 3.03. The molecule has 0 spiro atoms. The first-order chi connectivity index (χ1) is 11.7. The molecule has 1 heterocycles. The van der Waals surface area contributed by atoms with Gasteiger partial charge in [-0.15, -0.1) is 11.8 Å². The minimum atomic E-state index is -4.48. The lowest BCUT2D eigenvalue weighted by Crippen LogP contribution is -2.49. The number of nitrogens with zero attached hydrogens (tertiary/aromatic N) is 1. The normalized spacial score (nSPS) is 18.9. The molecule has 4 nitrogen and oxygen atoms in total. The van der Waals surface area contributed by atoms with E-state index in [-0.39, 0.29) is 5.91 Å². The highest BCUT2D eigenvalue weighted by molar-refractivity contribution is 8.00. The number of halogens is 4. The number of carbonyl (C=O) groups excluding carboxylic acids is 2. The second kappa shape index (κ2) is 8.31. The number of nitrogens with one attached hydrogen (secondary N) is 1. The highest BCUT2D eigenvalue weighted by atomic mass is 35.5. The van der Waals surface area contributed by atoms with E-state index in [1.807, 2.05) is 5.32 Å². The third-order valence-electron chi connectivity index (χ3n) is 3.79. The summed E-state index contributed by atoms with van der Waals surface area (Å²) in [5, 5.41) is 1.88. The summed E-state index contributed by atoms with van der Waals surface area (Å²) in [6.07, 6.45) is -3.53. The standard InChI is InChI=1S/C16H18ClF3N2O2S/c1-10(25-13-7-3-2-5-11(13)17)15(24)22-8-4-6-12(22)14(23)21-9-16(18,19)20/h2-3,5,7,10,12H,4,6,8-9H2,1H3,(H,21,23). The molecule has 0 bridgehead atoms. The molecule has 0 saturated carbocycles. The van der Waals surface area contributed by atoms with Crippen LogP contribution in [0, 0.1) is 0 Å². The Labute approximate surface area is 153 Å². The Morgan fingerprint density at radius 3 is 2.72 bits per heavy atom. The van der Waals surface area contributed by atoms with E-state index in [4.69, 9.17) is 11.6 Å². The van der Waals surface area contributed by atoms with Crippen LogP contribution < -0.4 is 5.32 Å². The number of likely N-dealkylation sites (tertiary alicyclic amines) is 1. The van der Waals surface area contributed by atoms with Crippen molar-refractivity contribution in [3.8, 4) is 0 Å². The number of hydrogen-bond acceptors (Lipinski definition) is 3. The second-order valence-corrected chi connectivity index (χ2v) is 7.50. The van der Waals surface area contributed by atoms with Gasteiger partial charge in [-0.3, -0.25) is 9.59 Å². The average molecular weight is 395 g/mol. The first-order valence-electron chi connectivity index (χ1n) is 7.75. The first kappa shape index (κ1) is 19.9. The largest absolute Gasteiger partial charge is 0.405 e. The molecule has 0 radical (unpaired) electrons. The molecule has 2 atom stereocenters. The fourth-order valence-electron chi connectivity index (χ4n) is 2.62. The summed E-state index contributed by atoms with van der Waals surface area (Å²) in [5.41, 5.74) is 0. The summed E-state index contributed by atoms with van der Waals surface area (Å²) < 4.78 is 36.8. The van der Waals surface area contributed by atoms with Crippen LogP contribution >= 0.6 is 23.4 Å². The topological polar surface area (TPSA) is 49.4 Å². The summed E-state index contributed by atoms with van der Waals surface area (Å²) >= 11 is 7.34. The predicted octanol–water partition coefficient (Wildman–Crippen LogP) is 3.49. The number of benzene rings is 1. The maximum atomic E-state index is 12.6. The molecule has 138 valence electrons. The molecule has 1 aromatic carbocycles. The number of alkyl halides is 3. The van der Waals surface area contributed by atoms with Crippen molar-refractivity contribution >= 4 is 35.2 Å². The summed E-state index contributed by atoms with van der Waals surface area (Å²) in [5.74, 6) is -1.05. The van der Waals surface area contributed by atoms with Crippen molar-refractivity contribution in [1.29, 1.82) is 0 Å². The van der Waals surface area contributed by atoms with Gasteiger partial charge >= 0.3 is 6.18 Å². The lowest BCUT2D eigenvalue weighted by molar-refractivity contribution is -0.144. The number of carbonyl (C=O) groups is 2. The second-order valence-electron chi connectivity index (χ2n) is 5.71. The fraction of sp³-hybridized carbons (Fsp3) is 0.500. The van der Waals surface area contributed by atoms with Gasteiger partial charge in [-0.25, -0.2) is 0 Å². The van der Waals surface area contributed by atoms with Gasteiger partial charge in [-0.2, -0.15) is 13.2 Å². The molecule has 1 aliphatic heterocycles. The van der Waals surface area contributed by atoms with Crippen molar-refractivity contribution in [2.75, 3.05) is 13.1 Å². The molecule has 1 aliphatic rings. The van der Waals surface area contributed by atoms with Crippen molar-refractivity contribution in [2.45, 2.75) is 42.1 Å². The zero-order valence-electron chi connectivity index (χ0n) is 13.5. The van der Waals surface area contributed by atoms with Crippen molar-refractivity contribution in [3.63, 3.8) is 0 Å². The monoisotopic (exact) mass is 394 g/mol. The van der Waals surface area contributed by atoms with Crippen LogP contribution in [-0.4, -0.2) is 47.3 Å². The van der Waals surface area contributed by atoms with Gasteiger partial charge in [0.05, 0.1) is 10.3 Å². The Hall–Kier alpha value is -1.41. The lowest BCUT2D eigenvalue weighted by atomic mass is 10.2. The van der Waals surface area contributed by atoms with Gasteiger partial charge in [0.2, 0.25) is 11.8 Å². The van der Waals surface area contributed by atoms with Crippen LogP contribution in [0.3, 0.4) is 0 Å². The van der Waals surface area contributed by atoms with E-state index >= 15 is 0 Å². The van der Waals surface area contributed by atoms with E-state index < -0.39 is 29.9 Å². The Morgan fingerprint density at radius 2 is 2.08 bits per heavy atom. The zero-order valence-corrected chi connectivity index (χ0v) is 15.0. The van der Waals surface area contributed by atoms with Gasteiger partial charge in [-0.05, 0) is 31.9 Å². The molecular weight excluding hydrogens is 377 g/mol. The molecule has 2 unspecified atom stereocenters. The van der Waals surface area contributed by atoms with Gasteiger partial charge in [0.1, 0.15) is 12.6 Å². The van der Waals surface area contributed by atoms with E-state index in [0.29, 0.717) is 24.4 Å². The quantitative estimate of drug-likeness (QED) is 0.778. The van der Waals surface area contributed by atoms with E-state index in [9.17, 15) is 22.8 Å². The van der Waals surface area contributed by atoms with Gasteiger partial charge in [0.25, 0.3) is 0 Å². The molecule has 1 saturated heterocycles. The van der Waals surface area contributed by atoms with Crippen molar-refractivity contribution in [3.05, 3.63) is 29.3 Å². The minimum Gasteiger partial charge on any atom is -0.345 e. The molecule has 1 fully saturated rings. The van der Waals surface area contributed by atoms with Gasteiger partial charge < -0.3 is 10.2 Å². The minimum absolute atomic E-state index is 0.283. The molecule has 25 heavy (non-hydrogen) atoms. The van der Waals surface area contributed by atoms with Crippen LogP contribution in [-0.2, 0) is 9.59 Å². The Bertz CT molecular complexity index is 642. The number of rotatable bonds is 5. The summed E-state index contributed by atoms with van der Waals surface area (Å²) in [7, 11) is 0. The number of thioether (sulfide) groups is 1. The highest BCUT2D eigenvalue weighted by Crippen LogP contribution is 2.32. The van der Waals surface area contributed by atoms with Crippen LogP contribution in [0.4, 0.5) is 13.2 Å². The first-order valence-corrected chi connectivity index (χ1v) is 9.01. The maximum Gasteiger partial charge on any atom is 0.405 e.